The molecule has 0 atom stereocenters. The Morgan fingerprint density at radius 2 is 1.63 bits per heavy atom. The Kier molecular flexibility index (Phi) is 3.65. The number of hydrogen-bond donors (Lipinski definition) is 1. The largest absolute Gasteiger partial charge is 0.493 e. The van der Waals surface area contributed by atoms with Gasteiger partial charge in [0.2, 0.25) is 5.88 Å². The first-order valence-electron chi connectivity index (χ1n) is 6.80. The second-order valence-corrected chi connectivity index (χ2v) is 5.64. The van der Waals surface area contributed by atoms with Gasteiger partial charge in [-0.25, -0.2) is 4.68 Å². The Labute approximate surface area is 114 Å². The van der Waals surface area contributed by atoms with Gasteiger partial charge in [-0.1, -0.05) is 43.7 Å². The summed E-state index contributed by atoms with van der Waals surface area (Å²) < 4.78 is 1.70. The highest BCUT2D eigenvalue weighted by atomic mass is 16.3. The molecule has 2 aromatic rings. The van der Waals surface area contributed by atoms with Gasteiger partial charge in [0.1, 0.15) is 0 Å². The summed E-state index contributed by atoms with van der Waals surface area (Å²) in [6, 6.07) is 8.36. The molecule has 0 aliphatic rings. The van der Waals surface area contributed by atoms with E-state index in [0.29, 0.717) is 0 Å². The van der Waals surface area contributed by atoms with E-state index >= 15 is 0 Å². The predicted octanol–water partition coefficient (Wildman–Crippen LogP) is 4.27. The average Bonchev–Trinajstić information content (AvgIpc) is 2.68. The summed E-state index contributed by atoms with van der Waals surface area (Å²) in [7, 11) is 0. The van der Waals surface area contributed by atoms with Gasteiger partial charge in [0.05, 0.1) is 17.3 Å². The molecule has 2 rings (SSSR count). The van der Waals surface area contributed by atoms with Crippen LogP contribution in [-0.2, 0) is 0 Å². The minimum absolute atomic E-state index is 0.150. The van der Waals surface area contributed by atoms with Gasteiger partial charge in [-0.3, -0.25) is 0 Å². The monoisotopic (exact) mass is 258 g/mol. The van der Waals surface area contributed by atoms with Crippen LogP contribution in [0.4, 0.5) is 0 Å². The molecule has 0 unspecified atom stereocenters. The number of nitrogens with zero attached hydrogens (tertiary/aromatic N) is 2. The third kappa shape index (κ3) is 2.50. The molecule has 0 spiro atoms. The first-order valence-corrected chi connectivity index (χ1v) is 6.80. The SMILES string of the molecule is Cc1ccc(-c2c(C(C)C)nn(C(C)C)c2O)cc1. The van der Waals surface area contributed by atoms with Crippen molar-refractivity contribution in [3.8, 4) is 17.0 Å². The van der Waals surface area contributed by atoms with Crippen LogP contribution in [0.25, 0.3) is 11.1 Å². The normalized spacial score (nSPS) is 11.5. The number of aromatic hydroxyl groups is 1. The lowest BCUT2D eigenvalue weighted by Crippen LogP contribution is -2.03. The Hall–Kier alpha value is -1.77. The van der Waals surface area contributed by atoms with E-state index in [4.69, 9.17) is 0 Å². The van der Waals surface area contributed by atoms with Crippen LogP contribution >= 0.6 is 0 Å². The van der Waals surface area contributed by atoms with Crippen molar-refractivity contribution in [1.82, 2.24) is 9.78 Å². The quantitative estimate of drug-likeness (QED) is 0.892. The molecule has 0 bridgehead atoms. The number of benzene rings is 1. The van der Waals surface area contributed by atoms with Gasteiger partial charge in [0.25, 0.3) is 0 Å². The Balaban J connectivity index is 2.63. The molecule has 0 fully saturated rings. The first kappa shape index (κ1) is 13.7. The van der Waals surface area contributed by atoms with Gasteiger partial charge in [-0.15, -0.1) is 0 Å². The van der Waals surface area contributed by atoms with Gasteiger partial charge >= 0.3 is 0 Å². The molecule has 19 heavy (non-hydrogen) atoms. The lowest BCUT2D eigenvalue weighted by Gasteiger charge is -2.07. The third-order valence-corrected chi connectivity index (χ3v) is 3.29. The molecule has 0 radical (unpaired) electrons. The molecule has 0 amide bonds. The summed E-state index contributed by atoms with van der Waals surface area (Å²) in [5.74, 6) is 0.546. The van der Waals surface area contributed by atoms with E-state index in [2.05, 4.69) is 38.0 Å². The molecular formula is C16H22N2O. The summed E-state index contributed by atoms with van der Waals surface area (Å²) in [4.78, 5) is 0. The minimum Gasteiger partial charge on any atom is -0.493 e. The topological polar surface area (TPSA) is 38.0 Å². The van der Waals surface area contributed by atoms with Crippen molar-refractivity contribution in [3.05, 3.63) is 35.5 Å². The van der Waals surface area contributed by atoms with Gasteiger partial charge < -0.3 is 5.11 Å². The van der Waals surface area contributed by atoms with Crippen molar-refractivity contribution in [2.75, 3.05) is 0 Å². The van der Waals surface area contributed by atoms with E-state index in [9.17, 15) is 5.11 Å². The van der Waals surface area contributed by atoms with E-state index < -0.39 is 0 Å². The molecular weight excluding hydrogens is 236 g/mol. The van der Waals surface area contributed by atoms with Crippen LogP contribution in [0, 0.1) is 6.92 Å². The number of hydrogen-bond acceptors (Lipinski definition) is 2. The Morgan fingerprint density at radius 3 is 2.11 bits per heavy atom. The lowest BCUT2D eigenvalue weighted by molar-refractivity contribution is 0.378. The molecule has 102 valence electrons. The fraction of sp³-hybridized carbons (Fsp3) is 0.438. The Morgan fingerprint density at radius 1 is 1.05 bits per heavy atom. The smallest absolute Gasteiger partial charge is 0.217 e. The van der Waals surface area contributed by atoms with Crippen LogP contribution in [0.2, 0.25) is 0 Å². The second kappa shape index (κ2) is 5.08. The van der Waals surface area contributed by atoms with Gasteiger partial charge in [0, 0.05) is 0 Å². The van der Waals surface area contributed by atoms with Crippen LogP contribution in [0.5, 0.6) is 5.88 Å². The van der Waals surface area contributed by atoms with Crippen LogP contribution in [0.3, 0.4) is 0 Å². The second-order valence-electron chi connectivity index (χ2n) is 5.64. The maximum absolute atomic E-state index is 10.5. The number of aryl methyl sites for hydroxylation is 1. The highest BCUT2D eigenvalue weighted by Crippen LogP contribution is 2.37. The van der Waals surface area contributed by atoms with E-state index in [1.54, 1.807) is 4.68 Å². The first-order chi connectivity index (χ1) is 8.91. The van der Waals surface area contributed by atoms with E-state index in [0.717, 1.165) is 16.8 Å². The van der Waals surface area contributed by atoms with Crippen LogP contribution < -0.4 is 0 Å². The van der Waals surface area contributed by atoms with E-state index in [1.807, 2.05) is 26.0 Å². The highest BCUT2D eigenvalue weighted by Gasteiger charge is 2.21. The lowest BCUT2D eigenvalue weighted by atomic mass is 9.99. The number of rotatable bonds is 3. The summed E-state index contributed by atoms with van der Waals surface area (Å²) >= 11 is 0. The van der Waals surface area contributed by atoms with Crippen LogP contribution in [0.15, 0.2) is 24.3 Å². The zero-order chi connectivity index (χ0) is 14.2. The third-order valence-electron chi connectivity index (χ3n) is 3.29. The number of aromatic nitrogens is 2. The highest BCUT2D eigenvalue weighted by molar-refractivity contribution is 5.72. The van der Waals surface area contributed by atoms with Crippen LogP contribution in [-0.4, -0.2) is 14.9 Å². The summed E-state index contributed by atoms with van der Waals surface area (Å²) in [6.07, 6.45) is 0. The summed E-state index contributed by atoms with van der Waals surface area (Å²) in [6.45, 7) is 10.3. The molecule has 3 heteroatoms. The maximum Gasteiger partial charge on any atom is 0.217 e. The van der Waals surface area contributed by atoms with Crippen molar-refractivity contribution < 1.29 is 5.11 Å². The zero-order valence-corrected chi connectivity index (χ0v) is 12.3. The van der Waals surface area contributed by atoms with E-state index in [1.165, 1.54) is 5.56 Å². The van der Waals surface area contributed by atoms with Crippen molar-refractivity contribution >= 4 is 0 Å². The molecule has 1 aromatic heterocycles. The molecule has 0 saturated carbocycles. The van der Waals surface area contributed by atoms with Crippen molar-refractivity contribution in [1.29, 1.82) is 0 Å². The van der Waals surface area contributed by atoms with Gasteiger partial charge in [-0.05, 0) is 32.3 Å². The maximum atomic E-state index is 10.5. The molecule has 0 aliphatic carbocycles. The fourth-order valence-corrected chi connectivity index (χ4v) is 2.20. The average molecular weight is 258 g/mol. The van der Waals surface area contributed by atoms with Crippen molar-refractivity contribution in [2.45, 2.75) is 46.6 Å². The molecule has 1 N–H and O–H groups in total. The standard InChI is InChI=1S/C16H22N2O/c1-10(2)15-14(13-8-6-12(5)7-9-13)16(19)18(17-15)11(3)4/h6-11,19H,1-5H3. The van der Waals surface area contributed by atoms with Crippen molar-refractivity contribution in [3.63, 3.8) is 0 Å². The van der Waals surface area contributed by atoms with Crippen molar-refractivity contribution in [2.24, 2.45) is 0 Å². The fourth-order valence-electron chi connectivity index (χ4n) is 2.20. The molecule has 0 aliphatic heterocycles. The summed E-state index contributed by atoms with van der Waals surface area (Å²) in [5.41, 5.74) is 4.06. The zero-order valence-electron chi connectivity index (χ0n) is 12.3. The van der Waals surface area contributed by atoms with Crippen LogP contribution in [0.1, 0.15) is 50.9 Å². The molecule has 1 aromatic carbocycles. The van der Waals surface area contributed by atoms with Gasteiger partial charge in [-0.2, -0.15) is 5.10 Å². The Bertz CT molecular complexity index is 565. The minimum atomic E-state index is 0.150. The summed E-state index contributed by atoms with van der Waals surface area (Å²) in [5, 5.41) is 15.0. The van der Waals surface area contributed by atoms with E-state index in [-0.39, 0.29) is 17.8 Å². The molecule has 0 saturated heterocycles. The molecule has 3 nitrogen and oxygen atoms in total. The predicted molar refractivity (Wildman–Crippen MR) is 78.5 cm³/mol. The molecule has 1 heterocycles. The van der Waals surface area contributed by atoms with Gasteiger partial charge in [0.15, 0.2) is 0 Å².